The molecule has 0 amide bonds. The highest BCUT2D eigenvalue weighted by atomic mass is 35.5. The second-order valence-corrected chi connectivity index (χ2v) is 3.04. The lowest BCUT2D eigenvalue weighted by molar-refractivity contribution is 0.456. The fourth-order valence-corrected chi connectivity index (χ4v) is 1.16. The molecule has 0 atom stereocenters. The van der Waals surface area contributed by atoms with Crippen LogP contribution in [-0.2, 0) is 5.88 Å². The third-order valence-corrected chi connectivity index (χ3v) is 1.93. The normalized spacial score (nSPS) is 9.93. The van der Waals surface area contributed by atoms with Crippen LogP contribution < -0.4 is 4.74 Å². The Morgan fingerprint density at radius 3 is 2.87 bits per heavy atom. The van der Waals surface area contributed by atoms with Gasteiger partial charge in [-0.2, -0.15) is 0 Å². The van der Waals surface area contributed by atoms with Gasteiger partial charge in [0, 0.05) is 12.4 Å². The number of hydrogen-bond donors (Lipinski definition) is 0. The molecule has 0 saturated carbocycles. The van der Waals surface area contributed by atoms with Crippen molar-refractivity contribution >= 4 is 11.6 Å². The van der Waals surface area contributed by atoms with E-state index in [9.17, 15) is 0 Å². The summed E-state index contributed by atoms with van der Waals surface area (Å²) in [6.07, 6.45) is 6.41. The molecule has 0 aliphatic heterocycles. The third-order valence-electron chi connectivity index (χ3n) is 1.66. The Bertz CT molecular complexity index is 436. The fraction of sp³-hybridized carbons (Fsp3) is 0.100. The molecule has 0 aliphatic carbocycles. The minimum atomic E-state index is 0.317. The fourth-order valence-electron chi connectivity index (χ4n) is 1.03. The lowest BCUT2D eigenvalue weighted by atomic mass is 10.5. The van der Waals surface area contributed by atoms with E-state index in [4.69, 9.17) is 16.3 Å². The van der Waals surface area contributed by atoms with E-state index in [-0.39, 0.29) is 0 Å². The molecule has 76 valence electrons. The molecule has 0 unspecified atom stereocenters. The molecule has 0 saturated heterocycles. The van der Waals surface area contributed by atoms with Crippen LogP contribution in [0.1, 0.15) is 5.69 Å². The molecule has 5 heteroatoms. The first-order valence-electron chi connectivity index (χ1n) is 4.33. The highest BCUT2D eigenvalue weighted by molar-refractivity contribution is 6.16. The minimum Gasteiger partial charge on any atom is -0.436 e. The van der Waals surface area contributed by atoms with Crippen molar-refractivity contribution in [1.29, 1.82) is 0 Å². The van der Waals surface area contributed by atoms with Crippen molar-refractivity contribution in [3.8, 4) is 11.6 Å². The molecule has 0 N–H and O–H groups in total. The van der Waals surface area contributed by atoms with Crippen molar-refractivity contribution in [2.24, 2.45) is 0 Å². The van der Waals surface area contributed by atoms with Gasteiger partial charge in [0.25, 0.3) is 0 Å². The maximum Gasteiger partial charge on any atom is 0.238 e. The van der Waals surface area contributed by atoms with Crippen molar-refractivity contribution < 1.29 is 4.74 Å². The summed E-state index contributed by atoms with van der Waals surface area (Å²) < 4.78 is 5.43. The van der Waals surface area contributed by atoms with E-state index in [1.807, 2.05) is 0 Å². The third kappa shape index (κ3) is 2.63. The molecule has 2 heterocycles. The van der Waals surface area contributed by atoms with E-state index < -0.39 is 0 Å². The van der Waals surface area contributed by atoms with Gasteiger partial charge in [-0.1, -0.05) is 0 Å². The van der Waals surface area contributed by atoms with Crippen LogP contribution in [0.4, 0.5) is 0 Å². The van der Waals surface area contributed by atoms with Crippen molar-refractivity contribution in [2.75, 3.05) is 0 Å². The van der Waals surface area contributed by atoms with Crippen LogP contribution in [0.5, 0.6) is 11.6 Å². The van der Waals surface area contributed by atoms with Gasteiger partial charge in [0.2, 0.25) is 5.88 Å². The zero-order valence-electron chi connectivity index (χ0n) is 7.80. The summed E-state index contributed by atoms with van der Waals surface area (Å²) in [5, 5.41) is 0. The van der Waals surface area contributed by atoms with E-state index in [1.54, 1.807) is 30.7 Å². The highest BCUT2D eigenvalue weighted by Gasteiger charge is 2.00. The molecule has 0 aromatic carbocycles. The van der Waals surface area contributed by atoms with Gasteiger partial charge < -0.3 is 4.74 Å². The van der Waals surface area contributed by atoms with Crippen LogP contribution in [0, 0.1) is 0 Å². The van der Waals surface area contributed by atoms with Crippen molar-refractivity contribution in [3.63, 3.8) is 0 Å². The molecule has 0 radical (unpaired) electrons. The first-order chi connectivity index (χ1) is 7.38. The quantitative estimate of drug-likeness (QED) is 0.747. The average Bonchev–Trinajstić information content (AvgIpc) is 2.31. The van der Waals surface area contributed by atoms with Gasteiger partial charge in [-0.15, -0.1) is 11.6 Å². The van der Waals surface area contributed by atoms with E-state index in [0.29, 0.717) is 23.2 Å². The van der Waals surface area contributed by atoms with Gasteiger partial charge in [0.05, 0.1) is 24.0 Å². The number of nitrogens with zero attached hydrogens (tertiary/aromatic N) is 3. The van der Waals surface area contributed by atoms with E-state index in [0.717, 1.165) is 0 Å². The highest BCUT2D eigenvalue weighted by Crippen LogP contribution is 2.16. The summed E-state index contributed by atoms with van der Waals surface area (Å²) in [6, 6.07) is 3.58. The molecule has 4 nitrogen and oxygen atoms in total. The molecule has 2 aromatic rings. The topological polar surface area (TPSA) is 47.9 Å². The Labute approximate surface area is 91.9 Å². The SMILES string of the molecule is ClCc1cncc(Oc2cccnc2)n1. The molecule has 2 aromatic heterocycles. The van der Waals surface area contributed by atoms with Gasteiger partial charge in [-0.3, -0.25) is 9.97 Å². The van der Waals surface area contributed by atoms with Crippen LogP contribution >= 0.6 is 11.6 Å². The zero-order valence-corrected chi connectivity index (χ0v) is 8.55. The number of hydrogen-bond acceptors (Lipinski definition) is 4. The smallest absolute Gasteiger partial charge is 0.238 e. The predicted octanol–water partition coefficient (Wildman–Crippen LogP) is 2.40. The Morgan fingerprint density at radius 1 is 1.20 bits per heavy atom. The first-order valence-corrected chi connectivity index (χ1v) is 4.86. The number of aromatic nitrogens is 3. The molecule has 0 spiro atoms. The predicted molar refractivity (Wildman–Crippen MR) is 55.9 cm³/mol. The minimum absolute atomic E-state index is 0.317. The zero-order chi connectivity index (χ0) is 10.5. The average molecular weight is 222 g/mol. The lowest BCUT2D eigenvalue weighted by Crippen LogP contribution is -1.93. The van der Waals surface area contributed by atoms with Crippen LogP contribution in [0.2, 0.25) is 0 Å². The van der Waals surface area contributed by atoms with Crippen molar-refractivity contribution in [1.82, 2.24) is 15.0 Å². The van der Waals surface area contributed by atoms with Gasteiger partial charge >= 0.3 is 0 Å². The molecule has 2 rings (SSSR count). The van der Waals surface area contributed by atoms with Crippen LogP contribution in [0.25, 0.3) is 0 Å². The van der Waals surface area contributed by atoms with Crippen LogP contribution in [-0.4, -0.2) is 15.0 Å². The molecular formula is C10H8ClN3O. The van der Waals surface area contributed by atoms with Gasteiger partial charge in [-0.05, 0) is 12.1 Å². The molecule has 0 aliphatic rings. The van der Waals surface area contributed by atoms with Crippen LogP contribution in [0.15, 0.2) is 36.9 Å². The standard InChI is InChI=1S/C10H8ClN3O/c11-4-8-5-13-7-10(14-8)15-9-2-1-3-12-6-9/h1-3,5-7H,4H2. The van der Waals surface area contributed by atoms with Crippen molar-refractivity contribution in [2.45, 2.75) is 5.88 Å². The maximum absolute atomic E-state index is 5.63. The number of halogens is 1. The molecule has 15 heavy (non-hydrogen) atoms. The van der Waals surface area contributed by atoms with Gasteiger partial charge in [0.1, 0.15) is 5.75 Å². The molecule has 0 fully saturated rings. The molecular weight excluding hydrogens is 214 g/mol. The van der Waals surface area contributed by atoms with E-state index in [2.05, 4.69) is 15.0 Å². The number of rotatable bonds is 3. The summed E-state index contributed by atoms with van der Waals surface area (Å²) in [6.45, 7) is 0. The number of alkyl halides is 1. The summed E-state index contributed by atoms with van der Waals surface area (Å²) >= 11 is 5.63. The van der Waals surface area contributed by atoms with E-state index >= 15 is 0 Å². The summed E-state index contributed by atoms with van der Waals surface area (Å²) in [5.74, 6) is 1.36. The summed E-state index contributed by atoms with van der Waals surface area (Å²) in [5.41, 5.74) is 0.679. The Morgan fingerprint density at radius 2 is 2.13 bits per heavy atom. The van der Waals surface area contributed by atoms with Crippen molar-refractivity contribution in [3.05, 3.63) is 42.6 Å². The van der Waals surface area contributed by atoms with Crippen LogP contribution in [0.3, 0.4) is 0 Å². The summed E-state index contributed by atoms with van der Waals surface area (Å²) in [4.78, 5) is 12.0. The molecule has 0 bridgehead atoms. The second kappa shape index (κ2) is 4.70. The monoisotopic (exact) mass is 221 g/mol. The van der Waals surface area contributed by atoms with E-state index in [1.165, 1.54) is 6.20 Å². The number of ether oxygens (including phenoxy) is 1. The second-order valence-electron chi connectivity index (χ2n) is 2.77. The lowest BCUT2D eigenvalue weighted by Gasteiger charge is -2.03. The first kappa shape index (κ1) is 9.86. The Kier molecular flexibility index (Phi) is 3.09. The largest absolute Gasteiger partial charge is 0.436 e. The van der Waals surface area contributed by atoms with Gasteiger partial charge in [-0.25, -0.2) is 4.98 Å². The summed E-state index contributed by atoms with van der Waals surface area (Å²) in [7, 11) is 0. The maximum atomic E-state index is 5.63. The Hall–Kier alpha value is -1.68. The van der Waals surface area contributed by atoms with Gasteiger partial charge in [0.15, 0.2) is 0 Å². The number of pyridine rings is 1. The Balaban J connectivity index is 2.17.